The number of carbonyl (C=O) groups excluding carboxylic acids is 1. The molecule has 0 bridgehead atoms. The van der Waals surface area contributed by atoms with Crippen molar-refractivity contribution >= 4 is 97.1 Å². The molecule has 4 rings (SSSR count). The van der Waals surface area contributed by atoms with Crippen LogP contribution in [0.2, 0.25) is 5.02 Å². The van der Waals surface area contributed by atoms with Crippen LogP contribution in [0.15, 0.2) is 70.6 Å². The molecule has 37 heavy (non-hydrogen) atoms. The molecule has 0 unspecified atom stereocenters. The van der Waals surface area contributed by atoms with Crippen molar-refractivity contribution in [2.24, 2.45) is 4.99 Å². The van der Waals surface area contributed by atoms with Gasteiger partial charge < -0.3 is 4.74 Å². The molecule has 3 aromatic rings. The van der Waals surface area contributed by atoms with Crippen LogP contribution in [-0.2, 0) is 11.4 Å². The van der Waals surface area contributed by atoms with E-state index in [4.69, 9.17) is 16.3 Å². The summed E-state index contributed by atoms with van der Waals surface area (Å²) in [7, 11) is 0. The van der Waals surface area contributed by atoms with Crippen LogP contribution in [0.3, 0.4) is 0 Å². The van der Waals surface area contributed by atoms with E-state index in [-0.39, 0.29) is 18.2 Å². The van der Waals surface area contributed by atoms with Crippen LogP contribution in [-0.4, -0.2) is 27.4 Å². The van der Waals surface area contributed by atoms with Gasteiger partial charge in [0.2, 0.25) is 0 Å². The van der Waals surface area contributed by atoms with Crippen molar-refractivity contribution in [1.29, 1.82) is 0 Å². The zero-order valence-electron chi connectivity index (χ0n) is 19.5. The average Bonchev–Trinajstić information content (AvgIpc) is 3.14. The number of amidine groups is 1. The van der Waals surface area contributed by atoms with Gasteiger partial charge >= 0.3 is 0 Å². The van der Waals surface area contributed by atoms with E-state index in [1.54, 1.807) is 29.2 Å². The molecule has 11 heteroatoms. The Morgan fingerprint density at radius 2 is 1.84 bits per heavy atom. The monoisotopic (exact) mass is 759 g/mol. The first-order chi connectivity index (χ1) is 17.7. The van der Waals surface area contributed by atoms with E-state index in [2.05, 4.69) is 50.2 Å². The molecule has 0 atom stereocenters. The summed E-state index contributed by atoms with van der Waals surface area (Å²) in [6.45, 7) is 2.81. The van der Waals surface area contributed by atoms with E-state index in [0.29, 0.717) is 33.0 Å². The van der Waals surface area contributed by atoms with Gasteiger partial charge in [-0.05, 0) is 117 Å². The number of ether oxygens (including phenoxy) is 1. The fraction of sp³-hybridized carbons (Fsp3) is 0.154. The SMILES string of the molecule is CCCN1C(=O)/C(=C/c2cc(I)c(OCc3cccc([N+](=O)[O-])c3)c(I)c2)SC1=Nc1ccc(Cl)cc1. The van der Waals surface area contributed by atoms with Gasteiger partial charge in [-0.3, -0.25) is 19.8 Å². The summed E-state index contributed by atoms with van der Waals surface area (Å²) in [6.07, 6.45) is 2.68. The van der Waals surface area contributed by atoms with E-state index in [1.165, 1.54) is 23.9 Å². The summed E-state index contributed by atoms with van der Waals surface area (Å²) >= 11 is 11.7. The lowest BCUT2D eigenvalue weighted by atomic mass is 10.2. The Balaban J connectivity index is 1.55. The largest absolute Gasteiger partial charge is 0.487 e. The summed E-state index contributed by atoms with van der Waals surface area (Å²) in [4.78, 5) is 30.8. The Labute approximate surface area is 250 Å². The topological polar surface area (TPSA) is 85.0 Å². The highest BCUT2D eigenvalue weighted by Crippen LogP contribution is 2.36. The molecule has 0 radical (unpaired) electrons. The molecule has 1 aliphatic rings. The number of rotatable bonds is 8. The second kappa shape index (κ2) is 12.6. The van der Waals surface area contributed by atoms with E-state index >= 15 is 0 Å². The average molecular weight is 760 g/mol. The summed E-state index contributed by atoms with van der Waals surface area (Å²) < 4.78 is 7.75. The minimum Gasteiger partial charge on any atom is -0.487 e. The maximum atomic E-state index is 13.2. The molecular weight excluding hydrogens is 740 g/mol. The Morgan fingerprint density at radius 1 is 1.14 bits per heavy atom. The summed E-state index contributed by atoms with van der Waals surface area (Å²) in [6, 6.07) is 17.5. The first-order valence-corrected chi connectivity index (χ1v) is 14.5. The Bertz CT molecular complexity index is 1390. The number of thioether (sulfide) groups is 1. The van der Waals surface area contributed by atoms with Gasteiger partial charge in [-0.2, -0.15) is 0 Å². The van der Waals surface area contributed by atoms with E-state index in [1.807, 2.05) is 37.3 Å². The molecule has 1 heterocycles. The van der Waals surface area contributed by atoms with Gasteiger partial charge in [-0.25, -0.2) is 4.99 Å². The second-order valence-corrected chi connectivity index (χ2v) is 11.7. The van der Waals surface area contributed by atoms with Crippen molar-refractivity contribution in [3.8, 4) is 5.75 Å². The van der Waals surface area contributed by atoms with Gasteiger partial charge in [0.05, 0.1) is 22.7 Å². The Morgan fingerprint density at radius 3 is 2.49 bits per heavy atom. The number of carbonyl (C=O) groups is 1. The van der Waals surface area contributed by atoms with Crippen LogP contribution in [0.5, 0.6) is 5.75 Å². The van der Waals surface area contributed by atoms with Crippen LogP contribution in [0, 0.1) is 17.3 Å². The summed E-state index contributed by atoms with van der Waals surface area (Å²) in [5.41, 5.74) is 2.35. The minimum absolute atomic E-state index is 0.0299. The van der Waals surface area contributed by atoms with Crippen molar-refractivity contribution in [3.63, 3.8) is 0 Å². The molecule has 0 aromatic heterocycles. The maximum Gasteiger partial charge on any atom is 0.269 e. The lowest BCUT2D eigenvalue weighted by Crippen LogP contribution is -2.29. The number of benzene rings is 3. The minimum atomic E-state index is -0.422. The number of nitro benzene ring substituents is 1. The highest BCUT2D eigenvalue weighted by molar-refractivity contribution is 14.1. The predicted octanol–water partition coefficient (Wildman–Crippen LogP) is 8.05. The van der Waals surface area contributed by atoms with Gasteiger partial charge in [0.1, 0.15) is 12.4 Å². The fourth-order valence-corrected chi connectivity index (χ4v) is 6.78. The molecule has 1 amide bonds. The number of amides is 1. The molecule has 190 valence electrons. The number of halogens is 3. The summed E-state index contributed by atoms with van der Waals surface area (Å²) in [5.74, 6) is 0.619. The van der Waals surface area contributed by atoms with Crippen LogP contribution in [0.25, 0.3) is 6.08 Å². The lowest BCUT2D eigenvalue weighted by molar-refractivity contribution is -0.384. The van der Waals surface area contributed by atoms with Crippen molar-refractivity contribution < 1.29 is 14.5 Å². The number of hydrogen-bond acceptors (Lipinski definition) is 6. The zero-order valence-corrected chi connectivity index (χ0v) is 25.4. The standard InChI is InChI=1S/C26H20ClI2N3O4S/c1-2-10-31-25(33)23(37-26(31)30-19-8-6-18(27)7-9-19)14-17-12-21(28)24(22(29)13-17)36-15-16-4-3-5-20(11-16)32(34)35/h3-9,11-14H,2,10,15H2,1H3/b23-14-,30-26?. The van der Waals surface area contributed by atoms with Crippen LogP contribution in [0.1, 0.15) is 24.5 Å². The number of non-ortho nitro benzene ring substituents is 1. The molecule has 3 aromatic carbocycles. The molecule has 7 nitrogen and oxygen atoms in total. The van der Waals surface area contributed by atoms with Crippen molar-refractivity contribution in [1.82, 2.24) is 4.90 Å². The third-order valence-corrected chi connectivity index (χ3v) is 8.07. The normalized spacial score (nSPS) is 15.6. The van der Waals surface area contributed by atoms with Crippen LogP contribution in [0.4, 0.5) is 11.4 Å². The Kier molecular flexibility index (Phi) is 9.48. The van der Waals surface area contributed by atoms with E-state index < -0.39 is 4.92 Å². The van der Waals surface area contributed by atoms with E-state index in [9.17, 15) is 14.9 Å². The highest BCUT2D eigenvalue weighted by atomic mass is 127. The third kappa shape index (κ3) is 7.03. The molecule has 1 fully saturated rings. The van der Waals surface area contributed by atoms with Crippen molar-refractivity contribution in [2.45, 2.75) is 20.0 Å². The molecule has 1 aliphatic heterocycles. The predicted molar refractivity (Wildman–Crippen MR) is 165 cm³/mol. The van der Waals surface area contributed by atoms with Gasteiger partial charge in [-0.1, -0.05) is 30.7 Å². The smallest absolute Gasteiger partial charge is 0.269 e. The van der Waals surface area contributed by atoms with E-state index in [0.717, 1.165) is 24.8 Å². The zero-order chi connectivity index (χ0) is 26.5. The van der Waals surface area contributed by atoms with Gasteiger partial charge in [0.15, 0.2) is 5.17 Å². The maximum absolute atomic E-state index is 13.2. The first-order valence-electron chi connectivity index (χ1n) is 11.2. The third-order valence-electron chi connectivity index (χ3n) is 5.21. The molecule has 0 aliphatic carbocycles. The number of hydrogen-bond donors (Lipinski definition) is 0. The number of nitro groups is 1. The van der Waals surface area contributed by atoms with Gasteiger partial charge in [0, 0.05) is 23.7 Å². The van der Waals surface area contributed by atoms with Gasteiger partial charge in [0.25, 0.3) is 11.6 Å². The molecular formula is C26H20ClI2N3O4S. The molecule has 0 N–H and O–H groups in total. The lowest BCUT2D eigenvalue weighted by Gasteiger charge is -2.14. The molecule has 0 saturated carbocycles. The number of nitrogens with zero attached hydrogens (tertiary/aromatic N) is 3. The number of aliphatic imine (C=N–C) groups is 1. The molecule has 1 saturated heterocycles. The quantitative estimate of drug-likeness (QED) is 0.101. The summed E-state index contributed by atoms with van der Waals surface area (Å²) in [5, 5.41) is 12.3. The first kappa shape index (κ1) is 27.9. The van der Waals surface area contributed by atoms with Crippen molar-refractivity contribution in [2.75, 3.05) is 6.54 Å². The van der Waals surface area contributed by atoms with Crippen LogP contribution >= 0.6 is 68.5 Å². The molecule has 0 spiro atoms. The van der Waals surface area contributed by atoms with Crippen LogP contribution < -0.4 is 4.74 Å². The fourth-order valence-electron chi connectivity index (χ4n) is 3.51. The highest BCUT2D eigenvalue weighted by Gasteiger charge is 2.32. The van der Waals surface area contributed by atoms with Gasteiger partial charge in [-0.15, -0.1) is 0 Å². The van der Waals surface area contributed by atoms with Crippen molar-refractivity contribution in [3.05, 3.63) is 99.0 Å². The Hall–Kier alpha value is -2.16. The second-order valence-electron chi connectivity index (χ2n) is 7.97.